The van der Waals surface area contributed by atoms with Gasteiger partial charge in [-0.3, -0.25) is 4.79 Å². The first kappa shape index (κ1) is 21.3. The molecular weight excluding hydrogens is 396 g/mol. The molecule has 1 atom stereocenters. The van der Waals surface area contributed by atoms with Crippen LogP contribution in [0.1, 0.15) is 16.7 Å². The molecule has 4 heteroatoms. The number of ether oxygens (including phenoxy) is 1. The third-order valence-corrected chi connectivity index (χ3v) is 7.74. The smallest absolute Gasteiger partial charge is 0.321 e. The van der Waals surface area contributed by atoms with E-state index in [-0.39, 0.29) is 5.97 Å². The standard InChI is InChI=1S/C25H27ClO2Si/c1-28-24(27)25(18-19-8-6-5-7-9-19,20-10-14-22(26)15-11-20)21-12-16-23(17-13-21)29(2,3)4/h5-17H,18H2,1-4H3. The number of carbonyl (C=O) groups is 1. The number of carbonyl (C=O) groups excluding carboxylic acids is 1. The molecule has 0 N–H and O–H groups in total. The molecule has 0 saturated heterocycles. The fourth-order valence-corrected chi connectivity index (χ4v) is 5.04. The highest BCUT2D eigenvalue weighted by Crippen LogP contribution is 2.38. The molecule has 0 heterocycles. The molecule has 3 aromatic carbocycles. The Morgan fingerprint density at radius 2 is 1.38 bits per heavy atom. The van der Waals surface area contributed by atoms with Crippen LogP contribution in [0.25, 0.3) is 0 Å². The van der Waals surface area contributed by atoms with E-state index in [1.54, 1.807) is 0 Å². The van der Waals surface area contributed by atoms with Gasteiger partial charge in [0.15, 0.2) is 0 Å². The molecule has 0 aliphatic rings. The summed E-state index contributed by atoms with van der Waals surface area (Å²) in [6.07, 6.45) is 0.508. The minimum absolute atomic E-state index is 0.274. The van der Waals surface area contributed by atoms with E-state index in [2.05, 4.69) is 43.9 Å². The molecule has 0 aliphatic heterocycles. The molecule has 150 valence electrons. The van der Waals surface area contributed by atoms with Crippen molar-refractivity contribution in [2.24, 2.45) is 0 Å². The monoisotopic (exact) mass is 422 g/mol. The molecule has 3 rings (SSSR count). The number of methoxy groups -OCH3 is 1. The maximum absolute atomic E-state index is 13.4. The third kappa shape index (κ3) is 4.47. The topological polar surface area (TPSA) is 26.3 Å². The normalized spacial score (nSPS) is 13.6. The Bertz CT molecular complexity index is 960. The van der Waals surface area contributed by atoms with Crippen LogP contribution in [0.15, 0.2) is 78.9 Å². The summed E-state index contributed by atoms with van der Waals surface area (Å²) in [4.78, 5) is 13.4. The number of benzene rings is 3. The summed E-state index contributed by atoms with van der Waals surface area (Å²) >= 11 is 6.14. The molecule has 0 spiro atoms. The Balaban J connectivity index is 2.23. The van der Waals surface area contributed by atoms with Crippen molar-refractivity contribution in [2.75, 3.05) is 7.11 Å². The molecule has 0 bridgehead atoms. The van der Waals surface area contributed by atoms with Crippen molar-refractivity contribution in [3.05, 3.63) is 101 Å². The van der Waals surface area contributed by atoms with Gasteiger partial charge >= 0.3 is 5.97 Å². The summed E-state index contributed by atoms with van der Waals surface area (Å²) in [5.41, 5.74) is 1.93. The van der Waals surface area contributed by atoms with Gasteiger partial charge in [0.05, 0.1) is 15.2 Å². The van der Waals surface area contributed by atoms with E-state index in [4.69, 9.17) is 16.3 Å². The van der Waals surface area contributed by atoms with Gasteiger partial charge < -0.3 is 4.74 Å². The van der Waals surface area contributed by atoms with Gasteiger partial charge in [0.2, 0.25) is 0 Å². The van der Waals surface area contributed by atoms with Crippen LogP contribution < -0.4 is 5.19 Å². The van der Waals surface area contributed by atoms with E-state index >= 15 is 0 Å². The fourth-order valence-electron chi connectivity index (χ4n) is 3.74. The average molecular weight is 423 g/mol. The lowest BCUT2D eigenvalue weighted by Crippen LogP contribution is -2.42. The second kappa shape index (κ2) is 8.56. The maximum Gasteiger partial charge on any atom is 0.321 e. The van der Waals surface area contributed by atoms with Gasteiger partial charge in [-0.25, -0.2) is 0 Å². The number of esters is 1. The Morgan fingerprint density at radius 1 is 0.862 bits per heavy atom. The minimum Gasteiger partial charge on any atom is -0.468 e. The number of halogens is 1. The lowest BCUT2D eigenvalue weighted by Gasteiger charge is -2.33. The first-order chi connectivity index (χ1) is 13.8. The molecule has 3 aromatic rings. The fraction of sp³-hybridized carbons (Fsp3) is 0.240. The quantitative estimate of drug-likeness (QED) is 0.382. The van der Waals surface area contributed by atoms with E-state index in [0.717, 1.165) is 16.7 Å². The largest absolute Gasteiger partial charge is 0.468 e. The molecule has 0 fully saturated rings. The van der Waals surface area contributed by atoms with Crippen molar-refractivity contribution < 1.29 is 9.53 Å². The van der Waals surface area contributed by atoms with Crippen molar-refractivity contribution in [1.29, 1.82) is 0 Å². The van der Waals surface area contributed by atoms with E-state index < -0.39 is 13.5 Å². The lowest BCUT2D eigenvalue weighted by molar-refractivity contribution is -0.145. The zero-order valence-electron chi connectivity index (χ0n) is 17.4. The zero-order chi connectivity index (χ0) is 21.1. The number of hydrogen-bond acceptors (Lipinski definition) is 2. The average Bonchev–Trinajstić information content (AvgIpc) is 2.72. The summed E-state index contributed by atoms with van der Waals surface area (Å²) in [5.74, 6) is -0.274. The van der Waals surface area contributed by atoms with Gasteiger partial charge in [-0.15, -0.1) is 0 Å². The van der Waals surface area contributed by atoms with Crippen molar-refractivity contribution in [2.45, 2.75) is 31.5 Å². The Kier molecular flexibility index (Phi) is 6.30. The van der Waals surface area contributed by atoms with Crippen LogP contribution in [0, 0.1) is 0 Å². The summed E-state index contributed by atoms with van der Waals surface area (Å²) in [6, 6.07) is 26.1. The molecule has 0 aliphatic carbocycles. The van der Waals surface area contributed by atoms with Crippen LogP contribution in [-0.4, -0.2) is 21.2 Å². The Morgan fingerprint density at radius 3 is 1.86 bits per heavy atom. The predicted molar refractivity (Wildman–Crippen MR) is 124 cm³/mol. The third-order valence-electron chi connectivity index (χ3n) is 5.43. The summed E-state index contributed by atoms with van der Waals surface area (Å²) < 4.78 is 5.36. The van der Waals surface area contributed by atoms with Crippen molar-refractivity contribution in [1.82, 2.24) is 0 Å². The van der Waals surface area contributed by atoms with Crippen LogP contribution in [0.4, 0.5) is 0 Å². The maximum atomic E-state index is 13.4. The van der Waals surface area contributed by atoms with Crippen LogP contribution in [-0.2, 0) is 21.4 Å². The van der Waals surface area contributed by atoms with Crippen molar-refractivity contribution in [3.8, 4) is 0 Å². The summed E-state index contributed by atoms with van der Waals surface area (Å²) in [6.45, 7) is 6.95. The highest BCUT2D eigenvalue weighted by Gasteiger charge is 2.43. The molecule has 0 radical (unpaired) electrons. The summed E-state index contributed by atoms with van der Waals surface area (Å²) in [5, 5.41) is 2.00. The minimum atomic E-state index is -1.45. The second-order valence-corrected chi connectivity index (χ2v) is 13.9. The molecule has 29 heavy (non-hydrogen) atoms. The molecule has 0 aromatic heterocycles. The van der Waals surface area contributed by atoms with Gasteiger partial charge in [-0.05, 0) is 35.2 Å². The van der Waals surface area contributed by atoms with E-state index in [1.807, 2.05) is 54.6 Å². The molecule has 1 unspecified atom stereocenters. The van der Waals surface area contributed by atoms with Crippen LogP contribution in [0.5, 0.6) is 0 Å². The molecular formula is C25H27ClO2Si. The van der Waals surface area contributed by atoms with Crippen LogP contribution >= 0.6 is 11.6 Å². The number of hydrogen-bond donors (Lipinski definition) is 0. The number of rotatable bonds is 6. The van der Waals surface area contributed by atoms with Gasteiger partial charge in [0.25, 0.3) is 0 Å². The molecule has 0 saturated carbocycles. The Labute approximate surface area is 179 Å². The Hall–Kier alpha value is -2.36. The van der Waals surface area contributed by atoms with Gasteiger partial charge in [0, 0.05) is 5.02 Å². The lowest BCUT2D eigenvalue weighted by atomic mass is 9.70. The second-order valence-electron chi connectivity index (χ2n) is 8.39. The van der Waals surface area contributed by atoms with Crippen LogP contribution in [0.2, 0.25) is 24.7 Å². The van der Waals surface area contributed by atoms with Gasteiger partial charge in [-0.1, -0.05) is 103 Å². The molecule has 0 amide bonds. The molecule has 2 nitrogen and oxygen atoms in total. The SMILES string of the molecule is COC(=O)C(Cc1ccccc1)(c1ccc(Cl)cc1)c1ccc([Si](C)(C)C)cc1. The van der Waals surface area contributed by atoms with Crippen molar-refractivity contribution >= 4 is 30.8 Å². The van der Waals surface area contributed by atoms with Crippen LogP contribution in [0.3, 0.4) is 0 Å². The highest BCUT2D eigenvalue weighted by molar-refractivity contribution is 6.88. The highest BCUT2D eigenvalue weighted by atomic mass is 35.5. The first-order valence-electron chi connectivity index (χ1n) is 9.77. The van der Waals surface area contributed by atoms with Gasteiger partial charge in [-0.2, -0.15) is 0 Å². The van der Waals surface area contributed by atoms with E-state index in [0.29, 0.717) is 11.4 Å². The first-order valence-corrected chi connectivity index (χ1v) is 13.6. The van der Waals surface area contributed by atoms with Crippen molar-refractivity contribution in [3.63, 3.8) is 0 Å². The zero-order valence-corrected chi connectivity index (χ0v) is 19.2. The predicted octanol–water partition coefficient (Wildman–Crippen LogP) is 5.59. The van der Waals surface area contributed by atoms with E-state index in [1.165, 1.54) is 12.3 Å². The van der Waals surface area contributed by atoms with Gasteiger partial charge in [0.1, 0.15) is 5.41 Å². The van der Waals surface area contributed by atoms with E-state index in [9.17, 15) is 4.79 Å². The summed E-state index contributed by atoms with van der Waals surface area (Å²) in [7, 11) is 0.00747.